The highest BCUT2D eigenvalue weighted by Crippen LogP contribution is 2.23. The lowest BCUT2D eigenvalue weighted by molar-refractivity contribution is -0.137. The summed E-state index contributed by atoms with van der Waals surface area (Å²) in [5.41, 5.74) is 2.81. The van der Waals surface area contributed by atoms with Crippen molar-refractivity contribution in [2.75, 3.05) is 6.54 Å². The molecule has 2 aromatic carbocycles. The third-order valence-electron chi connectivity index (χ3n) is 4.63. The lowest BCUT2D eigenvalue weighted by Gasteiger charge is -2.09. The quantitative estimate of drug-likeness (QED) is 0.142. The van der Waals surface area contributed by atoms with E-state index in [0.29, 0.717) is 49.2 Å². The molecule has 0 aliphatic carbocycles. The number of nitrogens with one attached hydrogen (secondary N) is 1. The van der Waals surface area contributed by atoms with Crippen LogP contribution in [0, 0.1) is 0 Å². The van der Waals surface area contributed by atoms with Crippen molar-refractivity contribution in [3.63, 3.8) is 0 Å². The SMILES string of the molecule is C=CCNC(=O)c1ccc(C/C=C(\ON)c2ccccc2)cc1N=CCCCCC(=O)O. The Morgan fingerprint density at radius 3 is 2.62 bits per heavy atom. The molecule has 0 aromatic heterocycles. The van der Waals surface area contributed by atoms with Crippen LogP contribution in [-0.4, -0.2) is 29.7 Å². The summed E-state index contributed by atoms with van der Waals surface area (Å²) in [5, 5.41) is 11.5. The first kappa shape index (κ1) is 24.6. The van der Waals surface area contributed by atoms with Crippen LogP contribution in [0.15, 0.2) is 72.3 Å². The minimum absolute atomic E-state index is 0.137. The molecule has 1 amide bonds. The standard InChI is InChI=1S/C25H29N3O4/c1-2-16-28-25(31)21-14-12-19(13-15-23(32-26)20-9-5-3-6-10-20)18-22(21)27-17-8-4-7-11-24(29)30/h2-3,5-6,9-10,12,14-15,17-18H,1,4,7-8,11,13,16,26H2,(H,28,31)(H,29,30)/b23-15-,27-17?. The van der Waals surface area contributed by atoms with Crippen molar-refractivity contribution in [1.29, 1.82) is 0 Å². The summed E-state index contributed by atoms with van der Waals surface area (Å²) in [6.45, 7) is 3.97. The van der Waals surface area contributed by atoms with Crippen LogP contribution < -0.4 is 11.2 Å². The van der Waals surface area contributed by atoms with Crippen LogP contribution in [0.5, 0.6) is 0 Å². The summed E-state index contributed by atoms with van der Waals surface area (Å²) >= 11 is 0. The van der Waals surface area contributed by atoms with Crippen molar-refractivity contribution in [1.82, 2.24) is 5.32 Å². The summed E-state index contributed by atoms with van der Waals surface area (Å²) in [5.74, 6) is 4.96. The first-order chi connectivity index (χ1) is 15.5. The molecule has 0 heterocycles. The number of carboxylic acid groups (broad SMARTS) is 1. The molecule has 0 spiro atoms. The maximum Gasteiger partial charge on any atom is 0.303 e. The number of nitrogens with zero attached hydrogens (tertiary/aromatic N) is 1. The summed E-state index contributed by atoms with van der Waals surface area (Å²) in [4.78, 5) is 32.6. The predicted octanol–water partition coefficient (Wildman–Crippen LogP) is 4.42. The lowest BCUT2D eigenvalue weighted by atomic mass is 10.0. The van der Waals surface area contributed by atoms with Gasteiger partial charge in [0.2, 0.25) is 0 Å². The number of hydrogen-bond acceptors (Lipinski definition) is 5. The van der Waals surface area contributed by atoms with Gasteiger partial charge in [0.25, 0.3) is 5.91 Å². The molecule has 0 bridgehead atoms. The molecule has 7 heteroatoms. The fourth-order valence-electron chi connectivity index (χ4n) is 2.98. The first-order valence-electron chi connectivity index (χ1n) is 10.4. The van der Waals surface area contributed by atoms with Gasteiger partial charge in [-0.15, -0.1) is 6.58 Å². The molecule has 168 valence electrons. The molecule has 2 rings (SSSR count). The molecule has 0 atom stereocenters. The van der Waals surface area contributed by atoms with E-state index in [-0.39, 0.29) is 12.3 Å². The summed E-state index contributed by atoms with van der Waals surface area (Å²) in [6.07, 6.45) is 7.81. The monoisotopic (exact) mass is 435 g/mol. The molecule has 0 radical (unpaired) electrons. The van der Waals surface area contributed by atoms with E-state index in [1.54, 1.807) is 18.4 Å². The Balaban J connectivity index is 2.18. The number of carbonyl (C=O) groups is 2. The van der Waals surface area contributed by atoms with Crippen LogP contribution in [0.4, 0.5) is 5.69 Å². The van der Waals surface area contributed by atoms with E-state index in [4.69, 9.17) is 15.8 Å². The Morgan fingerprint density at radius 1 is 1.16 bits per heavy atom. The summed E-state index contributed by atoms with van der Waals surface area (Å²) in [7, 11) is 0. The van der Waals surface area contributed by atoms with Gasteiger partial charge in [-0.3, -0.25) is 14.6 Å². The fraction of sp³-hybridized carbons (Fsp3) is 0.240. The number of unbranched alkanes of at least 4 members (excludes halogenated alkanes) is 2. The van der Waals surface area contributed by atoms with E-state index in [9.17, 15) is 9.59 Å². The van der Waals surface area contributed by atoms with Crippen LogP contribution in [-0.2, 0) is 16.1 Å². The van der Waals surface area contributed by atoms with Crippen LogP contribution >= 0.6 is 0 Å². The van der Waals surface area contributed by atoms with Crippen molar-refractivity contribution in [2.24, 2.45) is 10.9 Å². The average Bonchev–Trinajstić information content (AvgIpc) is 2.80. The number of nitrogens with two attached hydrogens (primary N) is 1. The lowest BCUT2D eigenvalue weighted by Crippen LogP contribution is -2.23. The van der Waals surface area contributed by atoms with Crippen LogP contribution in [0.3, 0.4) is 0 Å². The Bertz CT molecular complexity index is 968. The number of allylic oxidation sites excluding steroid dienone is 1. The van der Waals surface area contributed by atoms with Gasteiger partial charge in [-0.2, -0.15) is 5.90 Å². The van der Waals surface area contributed by atoms with Gasteiger partial charge in [-0.25, -0.2) is 0 Å². The van der Waals surface area contributed by atoms with E-state index in [1.807, 2.05) is 48.5 Å². The zero-order valence-corrected chi connectivity index (χ0v) is 18.0. The van der Waals surface area contributed by atoms with Gasteiger partial charge in [-0.05, 0) is 49.5 Å². The van der Waals surface area contributed by atoms with Crippen LogP contribution in [0.2, 0.25) is 0 Å². The molecule has 0 saturated heterocycles. The van der Waals surface area contributed by atoms with Crippen molar-refractivity contribution in [2.45, 2.75) is 32.1 Å². The van der Waals surface area contributed by atoms with Crippen molar-refractivity contribution >= 4 is 29.5 Å². The third kappa shape index (κ3) is 8.20. The molecule has 7 nitrogen and oxygen atoms in total. The van der Waals surface area contributed by atoms with E-state index < -0.39 is 5.97 Å². The van der Waals surface area contributed by atoms with Gasteiger partial charge in [-0.1, -0.05) is 42.5 Å². The number of carbonyl (C=O) groups excluding carboxylic acids is 1. The highest BCUT2D eigenvalue weighted by molar-refractivity contribution is 5.99. The number of amides is 1. The number of aliphatic imine (C=N–C) groups is 1. The van der Waals surface area contributed by atoms with E-state index >= 15 is 0 Å². The van der Waals surface area contributed by atoms with Gasteiger partial charge in [0, 0.05) is 24.7 Å². The third-order valence-corrected chi connectivity index (χ3v) is 4.63. The molecule has 0 unspecified atom stereocenters. The second-order valence-corrected chi connectivity index (χ2v) is 7.06. The molecular formula is C25H29N3O4. The molecule has 0 saturated carbocycles. The highest BCUT2D eigenvalue weighted by atomic mass is 16.6. The van der Waals surface area contributed by atoms with Gasteiger partial charge in [0.05, 0.1) is 11.3 Å². The zero-order chi connectivity index (χ0) is 23.2. The van der Waals surface area contributed by atoms with Gasteiger partial charge in [0.1, 0.15) is 5.76 Å². The maximum absolute atomic E-state index is 12.5. The Morgan fingerprint density at radius 2 is 1.94 bits per heavy atom. The normalized spacial score (nSPS) is 11.3. The van der Waals surface area contributed by atoms with E-state index in [2.05, 4.69) is 16.9 Å². The fourth-order valence-corrected chi connectivity index (χ4v) is 2.98. The topological polar surface area (TPSA) is 114 Å². The van der Waals surface area contributed by atoms with Gasteiger partial charge in [0.15, 0.2) is 0 Å². The molecular weight excluding hydrogens is 406 g/mol. The minimum atomic E-state index is -0.805. The van der Waals surface area contributed by atoms with E-state index in [0.717, 1.165) is 11.1 Å². The number of aliphatic carboxylic acids is 1. The van der Waals surface area contributed by atoms with Crippen LogP contribution in [0.25, 0.3) is 5.76 Å². The molecule has 0 aliphatic rings. The van der Waals surface area contributed by atoms with Crippen molar-refractivity contribution in [3.8, 4) is 0 Å². The molecule has 4 N–H and O–H groups in total. The molecule has 32 heavy (non-hydrogen) atoms. The Hall–Kier alpha value is -3.71. The molecule has 0 aliphatic heterocycles. The van der Waals surface area contributed by atoms with Gasteiger partial charge < -0.3 is 15.3 Å². The number of hydrogen-bond donors (Lipinski definition) is 3. The van der Waals surface area contributed by atoms with Crippen molar-refractivity contribution < 1.29 is 19.5 Å². The largest absolute Gasteiger partial charge is 0.481 e. The van der Waals surface area contributed by atoms with Crippen LogP contribution in [0.1, 0.15) is 47.2 Å². The Labute approximate surface area is 188 Å². The zero-order valence-electron chi connectivity index (χ0n) is 18.0. The Kier molecular flexibility index (Phi) is 10.4. The predicted molar refractivity (Wildman–Crippen MR) is 127 cm³/mol. The maximum atomic E-state index is 12.5. The smallest absolute Gasteiger partial charge is 0.303 e. The second-order valence-electron chi connectivity index (χ2n) is 7.06. The van der Waals surface area contributed by atoms with Crippen molar-refractivity contribution in [3.05, 3.63) is 84.0 Å². The second kappa shape index (κ2) is 13.6. The number of rotatable bonds is 13. The highest BCUT2D eigenvalue weighted by Gasteiger charge is 2.11. The summed E-state index contributed by atoms with van der Waals surface area (Å²) < 4.78 is 0. The number of carboxylic acids is 1. The first-order valence-corrected chi connectivity index (χ1v) is 10.4. The average molecular weight is 436 g/mol. The van der Waals surface area contributed by atoms with Gasteiger partial charge >= 0.3 is 5.97 Å². The molecule has 2 aromatic rings. The minimum Gasteiger partial charge on any atom is -0.481 e. The molecule has 0 fully saturated rings. The number of benzene rings is 2. The van der Waals surface area contributed by atoms with E-state index in [1.165, 1.54) is 0 Å². The summed E-state index contributed by atoms with van der Waals surface area (Å²) in [6, 6.07) is 15.0.